The number of nitrogens with zero attached hydrogens (tertiary/aromatic N) is 5. The van der Waals surface area contributed by atoms with Crippen molar-refractivity contribution < 1.29 is 167 Å². The zero-order valence-corrected chi connectivity index (χ0v) is 40.3. The van der Waals surface area contributed by atoms with Gasteiger partial charge in [0.15, 0.2) is 0 Å². The number of anilines is 1. The van der Waals surface area contributed by atoms with Crippen LogP contribution in [0.1, 0.15) is 0 Å². The van der Waals surface area contributed by atoms with Gasteiger partial charge < -0.3 is 34.3 Å². The summed E-state index contributed by atoms with van der Waals surface area (Å²) in [5.74, 6) is -3.55. The number of fused-ring (bicyclic) bond motifs is 2. The number of hydrogen-bond acceptors (Lipinski definition) is 18. The molecule has 0 heterocycles. The minimum Gasteiger partial charge on any atom is -0.871 e. The maximum Gasteiger partial charge on any atom is 3.00 e. The average Bonchev–Trinajstić information content (AvgIpc) is 3.14. The molecule has 20 nitrogen and oxygen atoms in total. The molecule has 291 valence electrons. The van der Waals surface area contributed by atoms with Crippen molar-refractivity contribution in [2.45, 2.75) is 9.79 Å². The fraction of sp³-hybridized carbons (Fsp3) is 0.0294. The van der Waals surface area contributed by atoms with Crippen LogP contribution in [-0.2, 0) is 42.3 Å². The maximum absolute atomic E-state index is 12.4. The number of amides is 1. The van der Waals surface area contributed by atoms with Crippen LogP contribution in [0, 0.1) is 10.1 Å². The summed E-state index contributed by atoms with van der Waals surface area (Å²) in [6, 6.07) is 21.4. The predicted molar refractivity (Wildman–Crippen MR) is 186 cm³/mol. The zero-order chi connectivity index (χ0) is 40.9. The van der Waals surface area contributed by atoms with Gasteiger partial charge in [-0.2, -0.15) is 20.5 Å². The standard InChI is InChI=1S/C18H14N4O9S.C16H12N2O5S.Cr.3Na/c1-31-18(25)19-11-4-2-3-9-5-6-13(23)16(15(9)11)21-20-12-7-10(22(26)27)8-14(17(12)24)32(28,29)30;19-13-9-8-10-4-1-2-5-11(10)15(13)18-17-12-6-3-7-14(16(12)20)24(21,22)23;;;;/h2-8,23-24H,1H3,(H,19,25)(H,28,29,30);1-9,19-20H,(H,21,22,23);;;;/q;;+3;3*+1/p-6. The van der Waals surface area contributed by atoms with Gasteiger partial charge >= 0.3 is 112 Å². The van der Waals surface area contributed by atoms with Gasteiger partial charge in [0.05, 0.1) is 45.4 Å². The first-order valence-corrected chi connectivity index (χ1v) is 18.0. The summed E-state index contributed by atoms with van der Waals surface area (Å²) in [7, 11) is -9.14. The third kappa shape index (κ3) is 12.9. The number of hydrogen-bond donors (Lipinski definition) is 1. The summed E-state index contributed by atoms with van der Waals surface area (Å²) < 4.78 is 71.5. The summed E-state index contributed by atoms with van der Waals surface area (Å²) in [6.45, 7) is 0. The van der Waals surface area contributed by atoms with Gasteiger partial charge in [-0.25, -0.2) is 21.6 Å². The van der Waals surface area contributed by atoms with E-state index in [2.05, 4.69) is 30.5 Å². The molecule has 1 N–H and O–H groups in total. The van der Waals surface area contributed by atoms with Crippen molar-refractivity contribution in [2.75, 3.05) is 12.4 Å². The molecule has 0 saturated heterocycles. The fourth-order valence-electron chi connectivity index (χ4n) is 4.97. The van der Waals surface area contributed by atoms with E-state index in [4.69, 9.17) is 0 Å². The minimum absolute atomic E-state index is 0. The predicted octanol–water partition coefficient (Wildman–Crippen LogP) is -4.29. The van der Waals surface area contributed by atoms with E-state index in [-0.39, 0.29) is 134 Å². The fourth-order valence-corrected chi connectivity index (χ4v) is 6.14. The normalized spacial score (nSPS) is 11.0. The summed E-state index contributed by atoms with van der Waals surface area (Å²) in [5.41, 5.74) is -2.27. The molecule has 0 spiro atoms. The van der Waals surface area contributed by atoms with E-state index in [1.165, 1.54) is 30.3 Å². The van der Waals surface area contributed by atoms with Gasteiger partial charge in [0.25, 0.3) is 5.69 Å². The van der Waals surface area contributed by atoms with Crippen molar-refractivity contribution in [3.05, 3.63) is 107 Å². The van der Waals surface area contributed by atoms with Crippen LogP contribution < -0.4 is 114 Å². The molecule has 0 aliphatic carbocycles. The Morgan fingerprint density at radius 1 is 0.650 bits per heavy atom. The van der Waals surface area contributed by atoms with Crippen LogP contribution in [0.2, 0.25) is 0 Å². The van der Waals surface area contributed by atoms with Crippen LogP contribution in [0.5, 0.6) is 23.0 Å². The quantitative estimate of drug-likeness (QED) is 0.0497. The van der Waals surface area contributed by atoms with Gasteiger partial charge in [0, 0.05) is 27.8 Å². The van der Waals surface area contributed by atoms with Crippen LogP contribution >= 0.6 is 0 Å². The molecule has 6 aromatic rings. The number of carbonyl (C=O) groups excluding carboxylic acids is 1. The van der Waals surface area contributed by atoms with E-state index in [9.17, 15) is 61.3 Å². The Hall–Kier alpha value is -3.74. The Labute approximate surface area is 417 Å². The number of nitro benzene ring substituents is 1. The Bertz CT molecular complexity index is 2860. The number of azo groups is 2. The van der Waals surface area contributed by atoms with Gasteiger partial charge in [0.1, 0.15) is 20.2 Å². The Morgan fingerprint density at radius 3 is 1.80 bits per heavy atom. The van der Waals surface area contributed by atoms with Crippen molar-refractivity contribution in [3.63, 3.8) is 0 Å². The molecule has 0 saturated carbocycles. The minimum atomic E-state index is -5.35. The first-order chi connectivity index (χ1) is 26.4. The van der Waals surface area contributed by atoms with Crippen molar-refractivity contribution in [1.29, 1.82) is 0 Å². The molecule has 0 aromatic heterocycles. The molecule has 1 amide bonds. The van der Waals surface area contributed by atoms with Crippen LogP contribution in [0.25, 0.3) is 21.5 Å². The average molecular weight is 922 g/mol. The molecule has 26 heteroatoms. The molecule has 0 fully saturated rings. The Kier molecular flexibility index (Phi) is 20.7. The monoisotopic (exact) mass is 921 g/mol. The molecule has 0 bridgehead atoms. The molecular weight excluding hydrogens is 902 g/mol. The van der Waals surface area contributed by atoms with Crippen LogP contribution in [0.4, 0.5) is 38.9 Å². The molecule has 0 aliphatic rings. The van der Waals surface area contributed by atoms with Crippen molar-refractivity contribution in [2.24, 2.45) is 20.5 Å². The number of non-ortho nitro benzene ring substituents is 1. The second kappa shape index (κ2) is 22.9. The first-order valence-electron chi connectivity index (χ1n) is 15.2. The van der Waals surface area contributed by atoms with Crippen molar-refractivity contribution in [1.82, 2.24) is 0 Å². The SMILES string of the molecule is COC(=O)Nc1cccc2ccc([O-])c(N=Nc3cc([N+](=O)[O-])cc(S(=O)(=O)[O-])c3[O-])c12.O=S(=O)([O-])c1cccc(N=Nc2c([O-])ccc3ccccc23)c1[O-].[Cr+3].[Na+].[Na+].[Na+]. The number of carbonyl (C=O) groups is 1. The Balaban J connectivity index is 0.000000581. The number of rotatable bonds is 8. The molecule has 6 rings (SSSR count). The second-order valence-electron chi connectivity index (χ2n) is 11.0. The molecule has 1 radical (unpaired) electrons. The summed E-state index contributed by atoms with van der Waals surface area (Å²) in [5, 5.41) is 78.7. The van der Waals surface area contributed by atoms with Gasteiger partial charge in [-0.05, 0) is 29.0 Å². The zero-order valence-electron chi connectivity index (χ0n) is 31.4. The third-order valence-corrected chi connectivity index (χ3v) is 9.21. The van der Waals surface area contributed by atoms with Crippen LogP contribution in [0.15, 0.2) is 127 Å². The first kappa shape index (κ1) is 54.3. The number of para-hydroxylation sites is 1. The van der Waals surface area contributed by atoms with E-state index < -0.39 is 75.4 Å². The molecular formula is C34H20CrN6Na3O14S2. The third-order valence-electron chi connectivity index (χ3n) is 7.51. The molecule has 6 aromatic carbocycles. The van der Waals surface area contributed by atoms with E-state index in [1.807, 2.05) is 0 Å². The van der Waals surface area contributed by atoms with E-state index in [1.54, 1.807) is 42.5 Å². The number of nitro groups is 1. The molecule has 60 heavy (non-hydrogen) atoms. The second-order valence-corrected chi connectivity index (χ2v) is 13.7. The topological polar surface area (TPSA) is 338 Å². The summed E-state index contributed by atoms with van der Waals surface area (Å²) in [4.78, 5) is 19.4. The van der Waals surface area contributed by atoms with Crippen molar-refractivity contribution >= 4 is 82.0 Å². The number of methoxy groups -OCH3 is 1. The largest absolute Gasteiger partial charge is 3.00 e. The molecule has 0 unspecified atom stereocenters. The van der Waals surface area contributed by atoms with E-state index in [0.29, 0.717) is 22.9 Å². The van der Waals surface area contributed by atoms with E-state index >= 15 is 0 Å². The van der Waals surface area contributed by atoms with E-state index in [0.717, 1.165) is 24.6 Å². The maximum atomic E-state index is 12.4. The van der Waals surface area contributed by atoms with Crippen LogP contribution in [0.3, 0.4) is 0 Å². The van der Waals surface area contributed by atoms with Gasteiger partial charge in [-0.1, -0.05) is 89.7 Å². The number of nitrogens with one attached hydrogen (secondary N) is 1. The number of ether oxygens (including phenoxy) is 1. The molecule has 0 atom stereocenters. The van der Waals surface area contributed by atoms with Gasteiger partial charge in [-0.15, -0.1) is 0 Å². The van der Waals surface area contributed by atoms with Gasteiger partial charge in [0.2, 0.25) is 0 Å². The van der Waals surface area contributed by atoms with Gasteiger partial charge in [-0.3, -0.25) is 15.4 Å². The summed E-state index contributed by atoms with van der Waals surface area (Å²) >= 11 is 0. The Morgan fingerprint density at radius 2 is 1.18 bits per heavy atom. The number of benzene rings is 6. The summed E-state index contributed by atoms with van der Waals surface area (Å²) in [6.07, 6.45) is -0.845. The van der Waals surface area contributed by atoms with Crippen LogP contribution in [-0.4, -0.2) is 44.1 Å². The molecule has 0 aliphatic heterocycles. The smallest absolute Gasteiger partial charge is 0.871 e. The van der Waals surface area contributed by atoms with Crippen molar-refractivity contribution in [3.8, 4) is 23.0 Å².